The lowest BCUT2D eigenvalue weighted by molar-refractivity contribution is -0.141. The molecule has 1 amide bonds. The largest absolute Gasteiger partial charge is 0.508 e. The lowest BCUT2D eigenvalue weighted by atomic mass is 10.1. The van der Waals surface area contributed by atoms with Crippen LogP contribution < -0.4 is 0 Å². The molecule has 3 rings (SSSR count). The number of carboxylic acid groups (broad SMARTS) is 1. The molecule has 1 aromatic carbocycles. The Morgan fingerprint density at radius 2 is 2.05 bits per heavy atom. The molecule has 1 aliphatic carbocycles. The number of thioether (sulfide) groups is 1. The molecule has 1 aromatic rings. The van der Waals surface area contributed by atoms with Crippen molar-refractivity contribution in [2.45, 2.75) is 24.3 Å². The second-order valence-electron chi connectivity index (χ2n) is 5.18. The van der Waals surface area contributed by atoms with E-state index in [1.165, 1.54) is 17.0 Å². The monoisotopic (exact) mass is 293 g/mol. The fourth-order valence-electron chi connectivity index (χ4n) is 2.51. The lowest BCUT2D eigenvalue weighted by Gasteiger charge is -2.27. The zero-order valence-electron chi connectivity index (χ0n) is 10.7. The molecule has 106 valence electrons. The lowest BCUT2D eigenvalue weighted by Crippen LogP contribution is -2.46. The highest BCUT2D eigenvalue weighted by molar-refractivity contribution is 8.00. The van der Waals surface area contributed by atoms with Crippen molar-refractivity contribution < 1.29 is 19.8 Å². The summed E-state index contributed by atoms with van der Waals surface area (Å²) in [5.41, 5.74) is 0.337. The second kappa shape index (κ2) is 5.01. The van der Waals surface area contributed by atoms with Crippen LogP contribution in [0, 0.1) is 5.92 Å². The number of phenolic OH excluding ortho intramolecular Hbond substituents is 1. The molecule has 2 unspecified atom stereocenters. The highest BCUT2D eigenvalue weighted by Crippen LogP contribution is 2.45. The molecule has 2 aliphatic rings. The van der Waals surface area contributed by atoms with Crippen LogP contribution in [0.4, 0.5) is 0 Å². The van der Waals surface area contributed by atoms with Gasteiger partial charge in [0.25, 0.3) is 5.91 Å². The van der Waals surface area contributed by atoms with E-state index in [2.05, 4.69) is 0 Å². The number of aromatic hydroxyl groups is 1. The summed E-state index contributed by atoms with van der Waals surface area (Å²) < 4.78 is 0. The van der Waals surface area contributed by atoms with E-state index in [0.717, 1.165) is 12.8 Å². The highest BCUT2D eigenvalue weighted by atomic mass is 32.2. The molecular formula is C14H15NO4S. The summed E-state index contributed by atoms with van der Waals surface area (Å²) in [5, 5.41) is 18.7. The van der Waals surface area contributed by atoms with E-state index in [-0.39, 0.29) is 17.0 Å². The Hall–Kier alpha value is -1.69. The molecule has 1 heterocycles. The van der Waals surface area contributed by atoms with Gasteiger partial charge in [0.1, 0.15) is 11.8 Å². The van der Waals surface area contributed by atoms with Crippen molar-refractivity contribution in [3.63, 3.8) is 0 Å². The van der Waals surface area contributed by atoms with Gasteiger partial charge in [-0.2, -0.15) is 0 Å². The van der Waals surface area contributed by atoms with E-state index in [0.29, 0.717) is 17.2 Å². The molecule has 5 nitrogen and oxygen atoms in total. The van der Waals surface area contributed by atoms with Gasteiger partial charge in [-0.15, -0.1) is 11.8 Å². The Bertz CT molecular complexity index is 558. The van der Waals surface area contributed by atoms with Crippen LogP contribution >= 0.6 is 11.8 Å². The van der Waals surface area contributed by atoms with Gasteiger partial charge in [-0.1, -0.05) is 6.07 Å². The van der Waals surface area contributed by atoms with Crippen LogP contribution in [0.15, 0.2) is 24.3 Å². The van der Waals surface area contributed by atoms with Crippen LogP contribution in [0.3, 0.4) is 0 Å². The van der Waals surface area contributed by atoms with Crippen LogP contribution in [-0.4, -0.2) is 44.2 Å². The SMILES string of the molecule is O=C(O)C1CSC(C2CC2)N1C(=O)c1cccc(O)c1. The summed E-state index contributed by atoms with van der Waals surface area (Å²) in [6.07, 6.45) is 2.10. The topological polar surface area (TPSA) is 77.8 Å². The van der Waals surface area contributed by atoms with Crippen molar-refractivity contribution in [1.29, 1.82) is 0 Å². The van der Waals surface area contributed by atoms with E-state index in [1.807, 2.05) is 0 Å². The first-order valence-corrected chi connectivity index (χ1v) is 7.59. The van der Waals surface area contributed by atoms with Crippen LogP contribution in [0.5, 0.6) is 5.75 Å². The number of carbonyl (C=O) groups is 2. The first-order valence-electron chi connectivity index (χ1n) is 6.54. The molecule has 1 saturated heterocycles. The summed E-state index contributed by atoms with van der Waals surface area (Å²) in [7, 11) is 0. The maximum Gasteiger partial charge on any atom is 0.327 e. The fourth-order valence-corrected chi connectivity index (χ4v) is 4.14. The normalized spacial score (nSPS) is 25.7. The van der Waals surface area contributed by atoms with Gasteiger partial charge in [-0.05, 0) is 37.0 Å². The van der Waals surface area contributed by atoms with Crippen molar-refractivity contribution >= 4 is 23.6 Å². The molecular weight excluding hydrogens is 278 g/mol. The summed E-state index contributed by atoms with van der Waals surface area (Å²) in [6.45, 7) is 0. The molecule has 0 radical (unpaired) electrons. The maximum absolute atomic E-state index is 12.6. The molecule has 1 saturated carbocycles. The molecule has 6 heteroatoms. The van der Waals surface area contributed by atoms with Gasteiger partial charge in [0.2, 0.25) is 0 Å². The number of phenols is 1. The number of hydrogen-bond donors (Lipinski definition) is 2. The minimum atomic E-state index is -0.964. The molecule has 0 bridgehead atoms. The van der Waals surface area contributed by atoms with E-state index in [1.54, 1.807) is 23.9 Å². The zero-order valence-corrected chi connectivity index (χ0v) is 11.5. The number of amides is 1. The molecule has 2 N–H and O–H groups in total. The number of rotatable bonds is 3. The van der Waals surface area contributed by atoms with Crippen molar-refractivity contribution in [3.05, 3.63) is 29.8 Å². The summed E-state index contributed by atoms with van der Waals surface area (Å²) >= 11 is 1.55. The molecule has 0 aromatic heterocycles. The number of carbonyl (C=O) groups excluding carboxylic acids is 1. The van der Waals surface area contributed by atoms with Crippen molar-refractivity contribution in [1.82, 2.24) is 4.90 Å². The van der Waals surface area contributed by atoms with Crippen LogP contribution in [-0.2, 0) is 4.79 Å². The number of carboxylic acids is 1. The van der Waals surface area contributed by atoms with Gasteiger partial charge in [0.15, 0.2) is 0 Å². The number of nitrogens with zero attached hydrogens (tertiary/aromatic N) is 1. The standard InChI is InChI=1S/C14H15NO4S/c16-10-3-1-2-9(6-10)12(17)15-11(14(18)19)7-20-13(15)8-4-5-8/h1-3,6,8,11,13,16H,4-5,7H2,(H,18,19). The fraction of sp³-hybridized carbons (Fsp3) is 0.429. The predicted molar refractivity (Wildman–Crippen MR) is 74.7 cm³/mol. The summed E-state index contributed by atoms with van der Waals surface area (Å²) in [6, 6.07) is 5.29. The third-order valence-corrected chi connectivity index (χ3v) is 5.13. The van der Waals surface area contributed by atoms with E-state index < -0.39 is 12.0 Å². The molecule has 0 spiro atoms. The Kier molecular flexibility index (Phi) is 3.33. The highest BCUT2D eigenvalue weighted by Gasteiger charge is 2.48. The molecule has 2 fully saturated rings. The second-order valence-corrected chi connectivity index (χ2v) is 6.33. The third kappa shape index (κ3) is 2.35. The van der Waals surface area contributed by atoms with Crippen LogP contribution in [0.25, 0.3) is 0 Å². The minimum Gasteiger partial charge on any atom is -0.508 e. The molecule has 1 aliphatic heterocycles. The number of aliphatic carboxylic acids is 1. The molecule has 20 heavy (non-hydrogen) atoms. The summed E-state index contributed by atoms with van der Waals surface area (Å²) in [5.74, 6) is -0.423. The first-order chi connectivity index (χ1) is 9.58. The Labute approximate surface area is 120 Å². The van der Waals surface area contributed by atoms with Crippen LogP contribution in [0.2, 0.25) is 0 Å². The van der Waals surface area contributed by atoms with Crippen molar-refractivity contribution in [3.8, 4) is 5.75 Å². The number of benzene rings is 1. The van der Waals surface area contributed by atoms with Crippen molar-refractivity contribution in [2.75, 3.05) is 5.75 Å². The third-order valence-electron chi connectivity index (χ3n) is 3.67. The average Bonchev–Trinajstić information content (AvgIpc) is 3.16. The van der Waals surface area contributed by atoms with Gasteiger partial charge >= 0.3 is 5.97 Å². The van der Waals surface area contributed by atoms with Gasteiger partial charge in [-0.3, -0.25) is 4.79 Å². The van der Waals surface area contributed by atoms with Crippen LogP contribution in [0.1, 0.15) is 23.2 Å². The smallest absolute Gasteiger partial charge is 0.327 e. The van der Waals surface area contributed by atoms with E-state index >= 15 is 0 Å². The zero-order chi connectivity index (χ0) is 14.3. The minimum absolute atomic E-state index is 0.0116. The van der Waals surface area contributed by atoms with Crippen molar-refractivity contribution in [2.24, 2.45) is 5.92 Å². The van der Waals surface area contributed by atoms with Gasteiger partial charge < -0.3 is 15.1 Å². The van der Waals surface area contributed by atoms with Gasteiger partial charge in [-0.25, -0.2) is 4.79 Å². The Morgan fingerprint density at radius 1 is 1.30 bits per heavy atom. The van der Waals surface area contributed by atoms with Gasteiger partial charge in [0.05, 0.1) is 5.37 Å². The number of hydrogen-bond acceptors (Lipinski definition) is 4. The van der Waals surface area contributed by atoms with E-state index in [9.17, 15) is 19.8 Å². The first kappa shape index (κ1) is 13.3. The molecule has 2 atom stereocenters. The summed E-state index contributed by atoms with van der Waals surface area (Å²) in [4.78, 5) is 25.4. The quantitative estimate of drug-likeness (QED) is 0.888. The predicted octanol–water partition coefficient (Wildman–Crippen LogP) is 1.77. The average molecular weight is 293 g/mol. The van der Waals surface area contributed by atoms with E-state index in [4.69, 9.17) is 0 Å². The Balaban J connectivity index is 1.90. The Morgan fingerprint density at radius 3 is 2.65 bits per heavy atom. The van der Waals surface area contributed by atoms with Gasteiger partial charge in [0, 0.05) is 11.3 Å². The maximum atomic E-state index is 12.6.